The molecule has 23 heavy (non-hydrogen) atoms. The largest absolute Gasteiger partial charge is 0.467 e. The lowest BCUT2D eigenvalue weighted by Gasteiger charge is -2.32. The first-order valence-corrected chi connectivity index (χ1v) is 8.46. The minimum Gasteiger partial charge on any atom is -0.467 e. The van der Waals surface area contributed by atoms with Crippen molar-refractivity contribution in [2.24, 2.45) is 5.92 Å². The molecule has 1 aromatic carbocycles. The molecule has 1 fully saturated rings. The maximum atomic E-state index is 13.7. The lowest BCUT2D eigenvalue weighted by molar-refractivity contribution is -0.136. The van der Waals surface area contributed by atoms with Gasteiger partial charge in [-0.3, -0.25) is 4.79 Å². The molecular formula is C16H18F2N2O2S. The van der Waals surface area contributed by atoms with Gasteiger partial charge >= 0.3 is 0 Å². The van der Waals surface area contributed by atoms with Gasteiger partial charge in [-0.05, 0) is 6.07 Å². The average Bonchev–Trinajstić information content (AvgIpc) is 2.90. The van der Waals surface area contributed by atoms with Crippen LogP contribution in [0.25, 0.3) is 10.2 Å². The fourth-order valence-corrected chi connectivity index (χ4v) is 3.61. The van der Waals surface area contributed by atoms with Gasteiger partial charge in [0.25, 0.3) is 5.19 Å². The minimum absolute atomic E-state index is 0.00500. The Morgan fingerprint density at radius 2 is 2.04 bits per heavy atom. The molecule has 2 heterocycles. The van der Waals surface area contributed by atoms with E-state index in [4.69, 9.17) is 4.74 Å². The van der Waals surface area contributed by atoms with Gasteiger partial charge in [-0.1, -0.05) is 25.2 Å². The molecule has 0 bridgehead atoms. The van der Waals surface area contributed by atoms with Crippen LogP contribution in [0.2, 0.25) is 0 Å². The Bertz CT molecular complexity index is 724. The number of fused-ring (bicyclic) bond motifs is 1. The number of nitrogens with zero attached hydrogens (tertiary/aromatic N) is 2. The Kier molecular flexibility index (Phi) is 4.48. The van der Waals surface area contributed by atoms with Crippen molar-refractivity contribution in [2.45, 2.75) is 32.8 Å². The number of aromatic nitrogens is 1. The van der Waals surface area contributed by atoms with Crippen molar-refractivity contribution in [3.05, 3.63) is 23.8 Å². The van der Waals surface area contributed by atoms with Gasteiger partial charge in [0.1, 0.15) is 17.4 Å². The highest BCUT2D eigenvalue weighted by molar-refractivity contribution is 7.20. The van der Waals surface area contributed by atoms with Crippen LogP contribution >= 0.6 is 11.3 Å². The summed E-state index contributed by atoms with van der Waals surface area (Å²) in [6.07, 6.45) is 1.37. The third-order valence-corrected chi connectivity index (χ3v) is 4.80. The lowest BCUT2D eigenvalue weighted by atomic mass is 10.1. The van der Waals surface area contributed by atoms with Crippen molar-refractivity contribution in [2.75, 3.05) is 13.1 Å². The van der Waals surface area contributed by atoms with E-state index < -0.39 is 11.6 Å². The Morgan fingerprint density at radius 3 is 2.70 bits per heavy atom. The van der Waals surface area contributed by atoms with Crippen LogP contribution in [-0.4, -0.2) is 35.0 Å². The van der Waals surface area contributed by atoms with Crippen molar-refractivity contribution in [1.29, 1.82) is 0 Å². The van der Waals surface area contributed by atoms with Gasteiger partial charge in [-0.25, -0.2) is 8.78 Å². The van der Waals surface area contributed by atoms with Crippen molar-refractivity contribution >= 4 is 27.5 Å². The first-order chi connectivity index (χ1) is 10.9. The lowest BCUT2D eigenvalue weighted by Crippen LogP contribution is -2.43. The molecule has 4 nitrogen and oxygen atoms in total. The van der Waals surface area contributed by atoms with Crippen LogP contribution in [0.5, 0.6) is 5.19 Å². The zero-order valence-electron chi connectivity index (χ0n) is 13.0. The fourth-order valence-electron chi connectivity index (χ4n) is 2.69. The molecular weight excluding hydrogens is 322 g/mol. The van der Waals surface area contributed by atoms with E-state index in [0.717, 1.165) is 17.4 Å². The highest BCUT2D eigenvalue weighted by Gasteiger charge is 2.26. The number of carbonyl (C=O) groups is 1. The minimum atomic E-state index is -0.677. The van der Waals surface area contributed by atoms with Gasteiger partial charge < -0.3 is 9.64 Å². The van der Waals surface area contributed by atoms with Crippen LogP contribution in [0.1, 0.15) is 26.7 Å². The van der Waals surface area contributed by atoms with E-state index in [2.05, 4.69) is 4.98 Å². The van der Waals surface area contributed by atoms with Crippen LogP contribution in [-0.2, 0) is 4.79 Å². The summed E-state index contributed by atoms with van der Waals surface area (Å²) in [6, 6.07) is 2.08. The van der Waals surface area contributed by atoms with Crippen LogP contribution in [0, 0.1) is 17.6 Å². The van der Waals surface area contributed by atoms with Gasteiger partial charge in [0.2, 0.25) is 5.91 Å². The van der Waals surface area contributed by atoms with Crippen molar-refractivity contribution in [1.82, 2.24) is 9.88 Å². The van der Waals surface area contributed by atoms with Crippen LogP contribution in [0.4, 0.5) is 8.78 Å². The maximum Gasteiger partial charge on any atom is 0.274 e. The number of hydrogen-bond donors (Lipinski definition) is 0. The van der Waals surface area contributed by atoms with E-state index in [1.54, 1.807) is 0 Å². The monoisotopic (exact) mass is 340 g/mol. The number of amides is 1. The molecule has 0 radical (unpaired) electrons. The van der Waals surface area contributed by atoms with Gasteiger partial charge in [0, 0.05) is 37.9 Å². The van der Waals surface area contributed by atoms with Crippen LogP contribution in [0.15, 0.2) is 12.1 Å². The standard InChI is InChI=1S/C16H18F2N2O2S/c1-9(2)15(21)20-5-3-11(4-6-20)22-16-19-14-12(18)7-10(17)8-13(14)23-16/h7-9,11H,3-6H2,1-2H3. The quantitative estimate of drug-likeness (QED) is 0.857. The van der Waals surface area contributed by atoms with Gasteiger partial charge in [0.05, 0.1) is 4.70 Å². The topological polar surface area (TPSA) is 42.4 Å². The summed E-state index contributed by atoms with van der Waals surface area (Å²) < 4.78 is 33.1. The number of rotatable bonds is 3. The second kappa shape index (κ2) is 6.39. The molecule has 3 rings (SSSR count). The smallest absolute Gasteiger partial charge is 0.274 e. The van der Waals surface area contributed by atoms with Gasteiger partial charge in [-0.15, -0.1) is 0 Å². The van der Waals surface area contributed by atoms with E-state index >= 15 is 0 Å². The number of thiazole rings is 1. The molecule has 1 amide bonds. The Balaban J connectivity index is 1.65. The van der Waals surface area contributed by atoms with Crippen molar-refractivity contribution < 1.29 is 18.3 Å². The van der Waals surface area contributed by atoms with Crippen molar-refractivity contribution in [3.8, 4) is 5.19 Å². The normalized spacial score (nSPS) is 16.3. The first-order valence-electron chi connectivity index (χ1n) is 7.65. The summed E-state index contributed by atoms with van der Waals surface area (Å²) in [6.45, 7) is 5.07. The molecule has 0 N–H and O–H groups in total. The SMILES string of the molecule is CC(C)C(=O)N1CCC(Oc2nc3c(F)cc(F)cc3s2)CC1. The van der Waals surface area contributed by atoms with Crippen molar-refractivity contribution in [3.63, 3.8) is 0 Å². The third-order valence-electron chi connectivity index (χ3n) is 3.91. The summed E-state index contributed by atoms with van der Waals surface area (Å²) in [5.41, 5.74) is 0.138. The molecule has 1 saturated heterocycles. The molecule has 0 spiro atoms. The summed E-state index contributed by atoms with van der Waals surface area (Å²) in [5.74, 6) is -1.15. The maximum absolute atomic E-state index is 13.7. The third kappa shape index (κ3) is 3.44. The number of piperidine rings is 1. The summed E-state index contributed by atoms with van der Waals surface area (Å²) >= 11 is 1.14. The molecule has 0 aliphatic carbocycles. The summed E-state index contributed by atoms with van der Waals surface area (Å²) in [4.78, 5) is 17.9. The number of likely N-dealkylation sites (tertiary alicyclic amines) is 1. The number of hydrogen-bond acceptors (Lipinski definition) is 4. The Morgan fingerprint density at radius 1 is 1.35 bits per heavy atom. The molecule has 2 aromatic rings. The number of halogens is 2. The summed E-state index contributed by atoms with van der Waals surface area (Å²) in [5, 5.41) is 0.345. The predicted molar refractivity (Wildman–Crippen MR) is 84.6 cm³/mol. The van der Waals surface area contributed by atoms with E-state index in [-0.39, 0.29) is 23.4 Å². The first kappa shape index (κ1) is 16.1. The number of carbonyl (C=O) groups excluding carboxylic acids is 1. The predicted octanol–water partition coefficient (Wildman–Crippen LogP) is 3.60. The van der Waals surface area contributed by atoms with E-state index in [1.807, 2.05) is 18.7 Å². The van der Waals surface area contributed by atoms with E-state index in [9.17, 15) is 13.6 Å². The zero-order valence-corrected chi connectivity index (χ0v) is 13.8. The second-order valence-corrected chi connectivity index (χ2v) is 7.00. The zero-order chi connectivity index (χ0) is 16.6. The number of benzene rings is 1. The molecule has 124 valence electrons. The van der Waals surface area contributed by atoms with Crippen LogP contribution in [0.3, 0.4) is 0 Å². The van der Waals surface area contributed by atoms with Crippen LogP contribution < -0.4 is 4.74 Å². The van der Waals surface area contributed by atoms with E-state index in [0.29, 0.717) is 35.8 Å². The van der Waals surface area contributed by atoms with E-state index in [1.165, 1.54) is 6.07 Å². The summed E-state index contributed by atoms with van der Waals surface area (Å²) in [7, 11) is 0. The molecule has 7 heteroatoms. The van der Waals surface area contributed by atoms with Gasteiger partial charge in [-0.2, -0.15) is 4.98 Å². The highest BCUT2D eigenvalue weighted by Crippen LogP contribution is 2.32. The molecule has 1 aliphatic heterocycles. The number of ether oxygens (including phenoxy) is 1. The average molecular weight is 340 g/mol. The molecule has 0 saturated carbocycles. The molecule has 0 unspecified atom stereocenters. The second-order valence-electron chi connectivity index (χ2n) is 6.01. The van der Waals surface area contributed by atoms with Gasteiger partial charge in [0.15, 0.2) is 5.82 Å². The Labute approximate surface area is 137 Å². The Hall–Kier alpha value is -1.76. The molecule has 1 aromatic heterocycles. The molecule has 0 atom stereocenters. The fraction of sp³-hybridized carbons (Fsp3) is 0.500. The molecule has 1 aliphatic rings. The highest BCUT2D eigenvalue weighted by atomic mass is 32.1.